The highest BCUT2D eigenvalue weighted by molar-refractivity contribution is 6.14. The molecular formula is C20H15N5O2. The lowest BCUT2D eigenvalue weighted by molar-refractivity contribution is 0.102. The van der Waals surface area contributed by atoms with Crippen molar-refractivity contribution in [1.29, 1.82) is 10.7 Å². The van der Waals surface area contributed by atoms with Crippen molar-refractivity contribution in [3.63, 3.8) is 0 Å². The topological polar surface area (TPSA) is 129 Å². The number of hydrogen-bond acceptors (Lipinski definition) is 6. The normalized spacial score (nSPS) is 10.0. The number of pyridine rings is 1. The number of benzene rings is 1. The number of anilines is 2. The Hall–Kier alpha value is -4.18. The van der Waals surface area contributed by atoms with E-state index in [-0.39, 0.29) is 11.4 Å². The van der Waals surface area contributed by atoms with Crippen molar-refractivity contribution in [2.24, 2.45) is 0 Å². The molecule has 7 nitrogen and oxygen atoms in total. The number of nitrogen functional groups attached to an aromatic ring is 1. The number of furan rings is 1. The average molecular weight is 357 g/mol. The molecule has 0 saturated heterocycles. The lowest BCUT2D eigenvalue weighted by Gasteiger charge is -2.11. The summed E-state index contributed by atoms with van der Waals surface area (Å²) in [6, 6.07) is 10.0. The molecular weight excluding hydrogens is 342 g/mol. The zero-order valence-electron chi connectivity index (χ0n) is 14.2. The number of carbonyl (C=O) groups is 1. The quantitative estimate of drug-likeness (QED) is 0.476. The maximum Gasteiger partial charge on any atom is 0.274 e. The summed E-state index contributed by atoms with van der Waals surface area (Å²) in [4.78, 5) is 16.6. The third-order valence-corrected chi connectivity index (χ3v) is 3.87. The second-order valence-electron chi connectivity index (χ2n) is 5.62. The highest BCUT2D eigenvalue weighted by atomic mass is 16.3. The summed E-state index contributed by atoms with van der Waals surface area (Å²) in [5, 5.41) is 19.9. The molecule has 0 atom stereocenters. The first kappa shape index (κ1) is 17.6. The number of amides is 1. The number of rotatable bonds is 5. The Morgan fingerprint density at radius 2 is 2.19 bits per heavy atom. The number of nitrogens with two attached hydrogens (primary N) is 1. The van der Waals surface area contributed by atoms with E-state index in [0.29, 0.717) is 33.6 Å². The van der Waals surface area contributed by atoms with Crippen molar-refractivity contribution in [3.05, 3.63) is 83.6 Å². The van der Waals surface area contributed by atoms with Gasteiger partial charge in [-0.3, -0.25) is 10.2 Å². The van der Waals surface area contributed by atoms with Gasteiger partial charge in [-0.25, -0.2) is 4.98 Å². The van der Waals surface area contributed by atoms with Crippen LogP contribution in [0.3, 0.4) is 0 Å². The fraction of sp³-hybridized carbons (Fsp3) is 0. The standard InChI is InChI=1S/C20H15N5O2/c1-2-13-7-12(9-21)10-24-19(13)20(26)25-15-3-4-17(22)16(8-15)18(23)14-5-6-27-11-14/h2-8,10-11,23H,1,22H2,(H,25,26). The third kappa shape index (κ3) is 3.60. The summed E-state index contributed by atoms with van der Waals surface area (Å²) in [5.74, 6) is -0.458. The molecule has 2 heterocycles. The van der Waals surface area contributed by atoms with Crippen molar-refractivity contribution in [2.75, 3.05) is 11.1 Å². The maximum absolute atomic E-state index is 12.6. The fourth-order valence-corrected chi connectivity index (χ4v) is 2.49. The van der Waals surface area contributed by atoms with E-state index >= 15 is 0 Å². The second kappa shape index (κ2) is 7.37. The first-order chi connectivity index (χ1) is 13.0. The molecule has 0 aliphatic rings. The number of nitrogens with one attached hydrogen (secondary N) is 2. The molecule has 0 spiro atoms. The van der Waals surface area contributed by atoms with Crippen molar-refractivity contribution in [2.45, 2.75) is 0 Å². The third-order valence-electron chi connectivity index (χ3n) is 3.87. The molecule has 0 fully saturated rings. The first-order valence-electron chi connectivity index (χ1n) is 7.88. The number of nitrogens with zero attached hydrogens (tertiary/aromatic N) is 2. The van der Waals surface area contributed by atoms with Crippen LogP contribution in [0.5, 0.6) is 0 Å². The predicted octanol–water partition coefficient (Wildman–Crippen LogP) is 3.44. The van der Waals surface area contributed by atoms with Gasteiger partial charge >= 0.3 is 0 Å². The molecule has 2 aromatic heterocycles. The van der Waals surface area contributed by atoms with E-state index in [1.807, 2.05) is 6.07 Å². The fourth-order valence-electron chi connectivity index (χ4n) is 2.49. The van der Waals surface area contributed by atoms with Gasteiger partial charge in [0.05, 0.1) is 23.8 Å². The molecule has 0 aliphatic carbocycles. The van der Waals surface area contributed by atoms with E-state index in [0.717, 1.165) is 0 Å². The lowest BCUT2D eigenvalue weighted by Crippen LogP contribution is -2.16. The summed E-state index contributed by atoms with van der Waals surface area (Å²) >= 11 is 0. The minimum atomic E-state index is -0.458. The van der Waals surface area contributed by atoms with E-state index < -0.39 is 5.91 Å². The molecule has 0 unspecified atom stereocenters. The number of nitriles is 1. The van der Waals surface area contributed by atoms with E-state index in [1.54, 1.807) is 24.3 Å². The van der Waals surface area contributed by atoms with Crippen molar-refractivity contribution in [3.8, 4) is 6.07 Å². The van der Waals surface area contributed by atoms with Gasteiger partial charge in [-0.15, -0.1) is 0 Å². The van der Waals surface area contributed by atoms with Crippen LogP contribution in [0, 0.1) is 16.7 Å². The van der Waals surface area contributed by atoms with Gasteiger partial charge in [0.1, 0.15) is 11.8 Å². The van der Waals surface area contributed by atoms with E-state index in [1.165, 1.54) is 30.9 Å². The molecule has 0 radical (unpaired) electrons. The van der Waals surface area contributed by atoms with Gasteiger partial charge in [0.15, 0.2) is 0 Å². The van der Waals surface area contributed by atoms with Crippen LogP contribution in [-0.2, 0) is 0 Å². The highest BCUT2D eigenvalue weighted by Gasteiger charge is 2.15. The van der Waals surface area contributed by atoms with Crippen LogP contribution in [0.4, 0.5) is 11.4 Å². The monoisotopic (exact) mass is 357 g/mol. The SMILES string of the molecule is C=Cc1cc(C#N)cnc1C(=O)Nc1ccc(N)c(C(=N)c2ccoc2)c1. The van der Waals surface area contributed by atoms with Crippen LogP contribution in [-0.4, -0.2) is 16.6 Å². The summed E-state index contributed by atoms with van der Waals surface area (Å²) in [5.41, 5.74) is 9.00. The Bertz CT molecular complexity index is 1080. The Labute approximate surface area is 155 Å². The smallest absolute Gasteiger partial charge is 0.274 e. The van der Waals surface area contributed by atoms with Crippen LogP contribution in [0.1, 0.15) is 32.7 Å². The minimum absolute atomic E-state index is 0.146. The number of hydrogen-bond donors (Lipinski definition) is 3. The Morgan fingerprint density at radius 3 is 2.85 bits per heavy atom. The molecule has 1 aromatic carbocycles. The molecule has 4 N–H and O–H groups in total. The summed E-state index contributed by atoms with van der Waals surface area (Å²) in [6.45, 7) is 3.65. The van der Waals surface area contributed by atoms with E-state index in [2.05, 4.69) is 16.9 Å². The van der Waals surface area contributed by atoms with Crippen LogP contribution >= 0.6 is 0 Å². The highest BCUT2D eigenvalue weighted by Crippen LogP contribution is 2.22. The van der Waals surface area contributed by atoms with Crippen LogP contribution < -0.4 is 11.1 Å². The molecule has 27 heavy (non-hydrogen) atoms. The van der Waals surface area contributed by atoms with Gasteiger partial charge < -0.3 is 15.5 Å². The molecule has 0 bridgehead atoms. The predicted molar refractivity (Wildman–Crippen MR) is 102 cm³/mol. The van der Waals surface area contributed by atoms with Gasteiger partial charge in [-0.05, 0) is 30.3 Å². The largest absolute Gasteiger partial charge is 0.472 e. The minimum Gasteiger partial charge on any atom is -0.472 e. The summed E-state index contributed by atoms with van der Waals surface area (Å²) < 4.78 is 5.00. The van der Waals surface area contributed by atoms with Crippen molar-refractivity contribution < 1.29 is 9.21 Å². The second-order valence-corrected chi connectivity index (χ2v) is 5.62. The Balaban J connectivity index is 1.89. The van der Waals surface area contributed by atoms with Crippen LogP contribution in [0.2, 0.25) is 0 Å². The van der Waals surface area contributed by atoms with Crippen molar-refractivity contribution in [1.82, 2.24) is 4.98 Å². The summed E-state index contributed by atoms with van der Waals surface area (Å²) in [6.07, 6.45) is 5.71. The van der Waals surface area contributed by atoms with Gasteiger partial charge in [-0.1, -0.05) is 12.7 Å². The molecule has 7 heteroatoms. The molecule has 3 aromatic rings. The Kier molecular flexibility index (Phi) is 4.82. The summed E-state index contributed by atoms with van der Waals surface area (Å²) in [7, 11) is 0. The number of aromatic nitrogens is 1. The lowest BCUT2D eigenvalue weighted by atomic mass is 10.0. The zero-order chi connectivity index (χ0) is 19.4. The van der Waals surface area contributed by atoms with Gasteiger partial charge in [0.2, 0.25) is 0 Å². The van der Waals surface area contributed by atoms with Crippen LogP contribution in [0.25, 0.3) is 6.08 Å². The Morgan fingerprint density at radius 1 is 1.37 bits per heavy atom. The van der Waals surface area contributed by atoms with E-state index in [4.69, 9.17) is 20.8 Å². The van der Waals surface area contributed by atoms with Gasteiger partial charge in [0, 0.05) is 34.3 Å². The zero-order valence-corrected chi connectivity index (χ0v) is 14.2. The maximum atomic E-state index is 12.6. The number of carbonyl (C=O) groups excluding carboxylic acids is 1. The molecule has 0 aliphatic heterocycles. The van der Waals surface area contributed by atoms with Gasteiger partial charge in [0.25, 0.3) is 5.91 Å². The first-order valence-corrected chi connectivity index (χ1v) is 7.88. The molecule has 132 valence electrons. The molecule has 1 amide bonds. The van der Waals surface area contributed by atoms with Crippen molar-refractivity contribution >= 4 is 29.1 Å². The average Bonchev–Trinajstić information content (AvgIpc) is 3.23. The molecule has 0 saturated carbocycles. The van der Waals surface area contributed by atoms with Crippen LogP contribution in [0.15, 0.2) is 60.1 Å². The van der Waals surface area contributed by atoms with Gasteiger partial charge in [-0.2, -0.15) is 5.26 Å². The van der Waals surface area contributed by atoms with E-state index in [9.17, 15) is 4.79 Å². The molecule has 3 rings (SSSR count).